The van der Waals surface area contributed by atoms with Crippen molar-refractivity contribution >= 4 is 47.7 Å². The zero-order valence-electron chi connectivity index (χ0n) is 23.5. The number of rotatable bonds is 6. The molecule has 0 radical (unpaired) electrons. The summed E-state index contributed by atoms with van der Waals surface area (Å²) in [6.45, 7) is 0. The van der Waals surface area contributed by atoms with Crippen LogP contribution in [0.1, 0.15) is 0 Å². The first-order valence-corrected chi connectivity index (χ1v) is 17.3. The first kappa shape index (κ1) is 35.5. The largest absolute Gasteiger partial charge is 1.00 e. The molecule has 0 saturated heterocycles. The smallest absolute Gasteiger partial charge is 0.222 e. The van der Waals surface area contributed by atoms with E-state index in [9.17, 15) is 0 Å². The van der Waals surface area contributed by atoms with Gasteiger partial charge in [-0.3, -0.25) is 0 Å². The van der Waals surface area contributed by atoms with Crippen LogP contribution >= 0.6 is 15.8 Å². The molecule has 0 aliphatic carbocycles. The van der Waals surface area contributed by atoms with Crippen molar-refractivity contribution in [2.45, 2.75) is 0 Å². The number of hydrogen-bond donors (Lipinski definition) is 0. The van der Waals surface area contributed by atoms with Gasteiger partial charge in [0.15, 0.2) is 0 Å². The fraction of sp³-hybridized carbons (Fsp3) is 0. The average molecular weight is 821 g/mol. The van der Waals surface area contributed by atoms with Crippen LogP contribution in [0.2, 0.25) is 0 Å². The molecule has 6 aromatic carbocycles. The molecule has 0 heterocycles. The Kier molecular flexibility index (Phi) is 15.2. The summed E-state index contributed by atoms with van der Waals surface area (Å²) in [5.41, 5.74) is 0. The van der Waals surface area contributed by atoms with E-state index in [-0.39, 0.29) is 22.4 Å². The van der Waals surface area contributed by atoms with Gasteiger partial charge in [-0.05, 0) is 47.7 Å². The Balaban J connectivity index is 0.000000205. The van der Waals surface area contributed by atoms with Gasteiger partial charge in [-0.25, -0.2) is 18.6 Å². The van der Waals surface area contributed by atoms with Gasteiger partial charge in [0.25, 0.3) is 0 Å². The van der Waals surface area contributed by atoms with Gasteiger partial charge in [0.05, 0.1) is 0 Å². The number of benzene rings is 6. The van der Waals surface area contributed by atoms with E-state index in [1.165, 1.54) is 31.8 Å². The zero-order chi connectivity index (χ0) is 30.3. The van der Waals surface area contributed by atoms with Crippen molar-refractivity contribution in [3.63, 3.8) is 0 Å². The molecule has 0 saturated carbocycles. The van der Waals surface area contributed by atoms with E-state index in [1.54, 1.807) is 0 Å². The molecule has 0 spiro atoms. The molecule has 8 heteroatoms. The van der Waals surface area contributed by atoms with Crippen molar-refractivity contribution in [3.8, 4) is 0 Å². The van der Waals surface area contributed by atoms with Crippen LogP contribution in [0.4, 0.5) is 0 Å². The molecular weight excluding hydrogens is 791 g/mol. The van der Waals surface area contributed by atoms with Gasteiger partial charge in [-0.1, -0.05) is 182 Å². The summed E-state index contributed by atoms with van der Waals surface area (Å²) in [5.74, 6) is 0. The van der Waals surface area contributed by atoms with E-state index in [1.807, 2.05) is 0 Å². The molecule has 0 aromatic heterocycles. The molecule has 0 N–H and O–H groups in total. The molecule has 0 atom stereocenters. The minimum Gasteiger partial charge on any atom is -0.222 e. The van der Waals surface area contributed by atoms with Crippen LogP contribution < -0.4 is 50.5 Å². The van der Waals surface area contributed by atoms with Crippen LogP contribution in [0.3, 0.4) is 0 Å². The monoisotopic (exact) mass is 820 g/mol. The summed E-state index contributed by atoms with van der Waals surface area (Å²) in [6, 6.07) is 64.7. The third-order valence-electron chi connectivity index (χ3n) is 6.09. The fourth-order valence-corrected chi connectivity index (χ4v) is 8.97. The summed E-state index contributed by atoms with van der Waals surface area (Å²) in [6.07, 6.45) is 0. The van der Waals surface area contributed by atoms with Crippen LogP contribution in [-0.2, 0) is 22.4 Å². The van der Waals surface area contributed by atoms with E-state index < -0.39 is 26.1 Å². The Morgan fingerprint density at radius 3 is 0.500 bits per heavy atom. The number of halogens is 1. The molecule has 6 aromatic rings. The summed E-state index contributed by atoms with van der Waals surface area (Å²) in [4.78, 5) is 0. The van der Waals surface area contributed by atoms with Gasteiger partial charge in [0.1, 0.15) is 0 Å². The summed E-state index contributed by atoms with van der Waals surface area (Å²) < 4.78 is 34.0. The van der Waals surface area contributed by atoms with Crippen LogP contribution in [0, 0.1) is 10.2 Å². The quantitative estimate of drug-likeness (QED) is 0.191. The normalized spacial score (nSPS) is 10.5. The Bertz CT molecular complexity index is 1280. The molecule has 0 aliphatic heterocycles. The second kappa shape index (κ2) is 18.8. The Morgan fingerprint density at radius 2 is 0.386 bits per heavy atom. The minimum absolute atomic E-state index is 0. The van der Waals surface area contributed by atoms with Crippen molar-refractivity contribution in [1.82, 2.24) is 0 Å². The van der Waals surface area contributed by atoms with Crippen LogP contribution in [0.15, 0.2) is 182 Å². The molecule has 0 aliphatic rings. The van der Waals surface area contributed by atoms with E-state index >= 15 is 0 Å². The van der Waals surface area contributed by atoms with Gasteiger partial charge in [0, 0.05) is 0 Å². The second-order valence-corrected chi connectivity index (χ2v) is 14.3. The topological polar surface area (TPSA) is 92.2 Å². The third-order valence-corrected chi connectivity index (χ3v) is 11.0. The van der Waals surface area contributed by atoms with Crippen molar-refractivity contribution in [1.29, 1.82) is 0 Å². The molecule has 0 bridgehead atoms. The van der Waals surface area contributed by atoms with Crippen molar-refractivity contribution in [2.75, 3.05) is 0 Å². The molecular formula is C36H30AuClO4P2. The van der Waals surface area contributed by atoms with E-state index in [4.69, 9.17) is 18.6 Å². The Hall–Kier alpha value is -2.95. The average Bonchev–Trinajstić information content (AvgIpc) is 3.04. The van der Waals surface area contributed by atoms with Crippen LogP contribution in [0.25, 0.3) is 0 Å². The van der Waals surface area contributed by atoms with E-state index in [0.29, 0.717) is 0 Å². The van der Waals surface area contributed by atoms with Crippen molar-refractivity contribution in [2.24, 2.45) is 0 Å². The summed E-state index contributed by atoms with van der Waals surface area (Å²) >= 11 is 0. The van der Waals surface area contributed by atoms with Crippen LogP contribution in [-0.4, -0.2) is 0 Å². The molecule has 0 unspecified atom stereocenters. The third kappa shape index (κ3) is 11.9. The molecule has 0 amide bonds. The first-order chi connectivity index (χ1) is 20.9. The zero-order valence-corrected chi connectivity index (χ0v) is 28.2. The van der Waals surface area contributed by atoms with Gasteiger partial charge in [-0.15, -0.1) is 10.2 Å². The van der Waals surface area contributed by atoms with Crippen molar-refractivity contribution < 1.29 is 51.3 Å². The predicted octanol–water partition coefficient (Wildman–Crippen LogP) is 2.13. The van der Waals surface area contributed by atoms with Crippen LogP contribution in [0.5, 0.6) is 0 Å². The standard InChI is InChI=1S/2C18H15P.Au.ClHO4/c2*1-4-10-16(11-5-1)19(17-12-6-2-7-13-17)18-14-8-3-9-15-18;;2-1(3,4)5/h2*1-15H;;(H,2,3,4,5)/q;;+1;/p-1. The maximum Gasteiger partial charge on any atom is 1.00 e. The fourth-order valence-electron chi connectivity index (χ4n) is 4.36. The SMILES string of the molecule is [Au+].[O-][Cl+3]([O-])([O-])[O-].c1ccc(P(c2ccccc2)c2ccccc2)cc1.c1ccc(P(c2ccccc2)c2ccccc2)cc1. The first-order valence-electron chi connectivity index (χ1n) is 13.4. The second-order valence-electron chi connectivity index (χ2n) is 9.06. The van der Waals surface area contributed by atoms with E-state index in [0.717, 1.165) is 0 Å². The predicted molar refractivity (Wildman–Crippen MR) is 170 cm³/mol. The minimum atomic E-state index is -4.94. The van der Waals surface area contributed by atoms with E-state index in [2.05, 4.69) is 182 Å². The molecule has 4 nitrogen and oxygen atoms in total. The molecule has 44 heavy (non-hydrogen) atoms. The van der Waals surface area contributed by atoms with Gasteiger partial charge in [-0.2, -0.15) is 0 Å². The maximum atomic E-state index is 8.49. The molecule has 6 rings (SSSR count). The molecule has 0 fully saturated rings. The maximum absolute atomic E-state index is 8.49. The van der Waals surface area contributed by atoms with Gasteiger partial charge >= 0.3 is 22.4 Å². The summed E-state index contributed by atoms with van der Waals surface area (Å²) in [5, 5.41) is 8.39. The Labute approximate surface area is 279 Å². The van der Waals surface area contributed by atoms with Gasteiger partial charge in [0.2, 0.25) is 0 Å². The number of hydrogen-bond acceptors (Lipinski definition) is 4. The van der Waals surface area contributed by atoms with Gasteiger partial charge < -0.3 is 0 Å². The molecule has 226 valence electrons. The Morgan fingerprint density at radius 1 is 0.273 bits per heavy atom. The summed E-state index contributed by atoms with van der Waals surface area (Å²) in [7, 11) is -5.84. The van der Waals surface area contributed by atoms with Crippen molar-refractivity contribution in [3.05, 3.63) is 182 Å².